The van der Waals surface area contributed by atoms with Crippen LogP contribution in [0.3, 0.4) is 0 Å². The lowest BCUT2D eigenvalue weighted by molar-refractivity contribution is -0.105. The minimum Gasteiger partial charge on any atom is -0.355 e. The van der Waals surface area contributed by atoms with Gasteiger partial charge < -0.3 is 16.0 Å². The van der Waals surface area contributed by atoms with Crippen LogP contribution in [0.2, 0.25) is 0 Å². The molecule has 0 aliphatic carbocycles. The smallest absolute Gasteiger partial charge is 0.211 e. The first-order chi connectivity index (χ1) is 18.6. The van der Waals surface area contributed by atoms with Crippen LogP contribution in [0.25, 0.3) is 10.9 Å². The number of rotatable bonds is 9. The van der Waals surface area contributed by atoms with Gasteiger partial charge in [0.1, 0.15) is 0 Å². The number of carbonyl (C=O) groups is 1. The molecule has 0 saturated heterocycles. The predicted octanol–water partition coefficient (Wildman–Crippen LogP) is 7.80. The van der Waals surface area contributed by atoms with Gasteiger partial charge in [-0.3, -0.25) is 14.8 Å². The van der Waals surface area contributed by atoms with E-state index in [0.29, 0.717) is 6.41 Å². The zero-order valence-electron chi connectivity index (χ0n) is 21.4. The summed E-state index contributed by atoms with van der Waals surface area (Å²) in [7, 11) is 0. The van der Waals surface area contributed by atoms with E-state index in [1.165, 1.54) is 11.1 Å². The third kappa shape index (κ3) is 7.51. The topological polar surface area (TPSA) is 78.9 Å². The third-order valence-electron chi connectivity index (χ3n) is 5.82. The summed E-state index contributed by atoms with van der Waals surface area (Å²) in [5, 5.41) is 10.5. The molecular weight excluding hydrogens is 470 g/mol. The number of pyridine rings is 2. The van der Waals surface area contributed by atoms with Crippen LogP contribution in [-0.4, -0.2) is 16.4 Å². The van der Waals surface area contributed by atoms with Gasteiger partial charge in [0.15, 0.2) is 0 Å². The maximum absolute atomic E-state index is 10.2. The first-order valence-corrected chi connectivity index (χ1v) is 12.4. The number of benzene rings is 3. The molecule has 0 radical (unpaired) electrons. The number of hydrogen-bond donors (Lipinski definition) is 3. The number of hydrogen-bond acceptors (Lipinski definition) is 5. The van der Waals surface area contributed by atoms with Crippen LogP contribution in [0, 0.1) is 6.92 Å². The summed E-state index contributed by atoms with van der Waals surface area (Å²) in [4.78, 5) is 18.6. The van der Waals surface area contributed by atoms with E-state index in [-0.39, 0.29) is 0 Å². The molecule has 0 atom stereocenters. The molecule has 3 N–H and O–H groups in total. The van der Waals surface area contributed by atoms with E-state index in [9.17, 15) is 4.79 Å². The summed E-state index contributed by atoms with van der Waals surface area (Å²) in [5.74, 6) is 0. The summed E-state index contributed by atoms with van der Waals surface area (Å²) in [5.41, 5.74) is 8.48. The molecule has 190 valence electrons. The standard InChI is InChI=1S/C20H20N2.C12H11N3O/c1-3-4-7-16-9-10-19-18(14-16)20(11-12-21-19)22-17-8-5-6-15(2)13-17;16-9-14-10-1-3-11(4-2-10)15-12-5-7-13-8-6-12/h3,5-6,8-14H,1,4,7H2,2H3,(H,21,22);1-9H,(H,13,15)(H,14,16). The highest BCUT2D eigenvalue weighted by Crippen LogP contribution is 2.27. The highest BCUT2D eigenvalue weighted by molar-refractivity contribution is 5.93. The lowest BCUT2D eigenvalue weighted by atomic mass is 10.1. The van der Waals surface area contributed by atoms with Gasteiger partial charge in [0.05, 0.1) is 5.52 Å². The van der Waals surface area contributed by atoms with Crippen molar-refractivity contribution in [2.45, 2.75) is 19.8 Å². The van der Waals surface area contributed by atoms with E-state index < -0.39 is 0 Å². The fraction of sp³-hybridized carbons (Fsp3) is 0.0938. The first kappa shape index (κ1) is 26.1. The van der Waals surface area contributed by atoms with E-state index >= 15 is 0 Å². The monoisotopic (exact) mass is 501 g/mol. The molecule has 0 spiro atoms. The SMILES string of the molecule is C=CCCc1ccc2nccc(Nc3cccc(C)c3)c2c1.O=CNc1ccc(Nc2ccncc2)cc1. The predicted molar refractivity (Wildman–Crippen MR) is 158 cm³/mol. The summed E-state index contributed by atoms with van der Waals surface area (Å²) in [6.45, 7) is 5.90. The second-order valence-corrected chi connectivity index (χ2v) is 8.73. The van der Waals surface area contributed by atoms with Crippen molar-refractivity contribution in [3.8, 4) is 0 Å². The van der Waals surface area contributed by atoms with Crippen molar-refractivity contribution in [1.82, 2.24) is 9.97 Å². The zero-order valence-corrected chi connectivity index (χ0v) is 21.4. The molecule has 0 saturated carbocycles. The molecule has 2 aromatic heterocycles. The van der Waals surface area contributed by atoms with Crippen molar-refractivity contribution in [3.63, 3.8) is 0 Å². The van der Waals surface area contributed by atoms with Gasteiger partial charge in [-0.1, -0.05) is 24.3 Å². The minimum atomic E-state index is 0.658. The molecule has 5 aromatic rings. The molecule has 38 heavy (non-hydrogen) atoms. The number of fused-ring (bicyclic) bond motifs is 1. The summed E-state index contributed by atoms with van der Waals surface area (Å²) >= 11 is 0. The highest BCUT2D eigenvalue weighted by atomic mass is 16.1. The number of nitrogens with one attached hydrogen (secondary N) is 3. The maximum atomic E-state index is 10.2. The van der Waals surface area contributed by atoms with Crippen LogP contribution < -0.4 is 16.0 Å². The Labute approximate surface area is 223 Å². The van der Waals surface area contributed by atoms with Crippen LogP contribution in [0.5, 0.6) is 0 Å². The zero-order chi connectivity index (χ0) is 26.6. The molecule has 0 aliphatic heterocycles. The third-order valence-corrected chi connectivity index (χ3v) is 5.82. The molecule has 6 nitrogen and oxygen atoms in total. The lowest BCUT2D eigenvalue weighted by Crippen LogP contribution is -1.94. The summed E-state index contributed by atoms with van der Waals surface area (Å²) < 4.78 is 0. The Bertz CT molecular complexity index is 1480. The summed E-state index contributed by atoms with van der Waals surface area (Å²) in [6, 6.07) is 28.1. The second-order valence-electron chi connectivity index (χ2n) is 8.73. The fourth-order valence-corrected chi connectivity index (χ4v) is 3.92. The van der Waals surface area contributed by atoms with Crippen molar-refractivity contribution in [1.29, 1.82) is 0 Å². The number of aromatic nitrogens is 2. The molecule has 6 heteroatoms. The van der Waals surface area contributed by atoms with Gasteiger partial charge in [0.2, 0.25) is 6.41 Å². The number of aryl methyl sites for hydroxylation is 2. The van der Waals surface area contributed by atoms with Crippen LogP contribution in [0.15, 0.2) is 116 Å². The average Bonchev–Trinajstić information content (AvgIpc) is 2.94. The molecule has 2 heterocycles. The number of carbonyl (C=O) groups excluding carboxylic acids is 1. The average molecular weight is 502 g/mol. The minimum absolute atomic E-state index is 0.658. The molecule has 5 rings (SSSR count). The van der Waals surface area contributed by atoms with Crippen LogP contribution in [0.4, 0.5) is 28.4 Å². The Kier molecular flexibility index (Phi) is 9.18. The van der Waals surface area contributed by atoms with E-state index in [2.05, 4.69) is 81.9 Å². The van der Waals surface area contributed by atoms with Crippen molar-refractivity contribution >= 4 is 45.7 Å². The van der Waals surface area contributed by atoms with Gasteiger partial charge in [-0.15, -0.1) is 6.58 Å². The van der Waals surface area contributed by atoms with Gasteiger partial charge in [-0.05, 0) is 97.6 Å². The highest BCUT2D eigenvalue weighted by Gasteiger charge is 2.04. The molecular formula is C32H31N5O. The maximum Gasteiger partial charge on any atom is 0.211 e. The number of amides is 1. The van der Waals surface area contributed by atoms with Crippen molar-refractivity contribution in [2.24, 2.45) is 0 Å². The molecule has 0 bridgehead atoms. The Hall–Kier alpha value is -4.97. The van der Waals surface area contributed by atoms with Crippen LogP contribution in [-0.2, 0) is 11.2 Å². The van der Waals surface area contributed by atoms with Gasteiger partial charge in [-0.2, -0.15) is 0 Å². The fourth-order valence-electron chi connectivity index (χ4n) is 3.92. The Morgan fingerprint density at radius 3 is 2.29 bits per heavy atom. The molecule has 0 fully saturated rings. The van der Waals surface area contributed by atoms with Crippen LogP contribution in [0.1, 0.15) is 17.5 Å². The Balaban J connectivity index is 0.000000186. The molecule has 0 unspecified atom stereocenters. The van der Waals surface area contributed by atoms with Crippen LogP contribution >= 0.6 is 0 Å². The van der Waals surface area contributed by atoms with Gasteiger partial charge in [0.25, 0.3) is 0 Å². The molecule has 1 amide bonds. The van der Waals surface area contributed by atoms with Crippen molar-refractivity contribution < 1.29 is 4.79 Å². The molecule has 0 aliphatic rings. The second kappa shape index (κ2) is 13.4. The summed E-state index contributed by atoms with van der Waals surface area (Å²) in [6.07, 6.45) is 9.93. The lowest BCUT2D eigenvalue weighted by Gasteiger charge is -2.11. The Morgan fingerprint density at radius 1 is 0.789 bits per heavy atom. The van der Waals surface area contributed by atoms with E-state index in [1.54, 1.807) is 12.4 Å². The van der Waals surface area contributed by atoms with E-state index in [0.717, 1.165) is 52.2 Å². The van der Waals surface area contributed by atoms with Gasteiger partial charge in [-0.25, -0.2) is 0 Å². The normalized spacial score (nSPS) is 10.1. The first-order valence-electron chi connectivity index (χ1n) is 12.4. The Morgan fingerprint density at radius 2 is 1.55 bits per heavy atom. The van der Waals surface area contributed by atoms with Crippen molar-refractivity contribution in [3.05, 3.63) is 127 Å². The van der Waals surface area contributed by atoms with E-state index in [1.807, 2.05) is 54.7 Å². The van der Waals surface area contributed by atoms with Gasteiger partial charge >= 0.3 is 0 Å². The number of allylic oxidation sites excluding steroid dienone is 1. The number of anilines is 5. The van der Waals surface area contributed by atoms with Gasteiger partial charge in [0, 0.05) is 52.4 Å². The van der Waals surface area contributed by atoms with E-state index in [4.69, 9.17) is 0 Å². The quantitative estimate of drug-likeness (QED) is 0.142. The largest absolute Gasteiger partial charge is 0.355 e. The molecule has 3 aromatic carbocycles. The number of nitrogens with zero attached hydrogens (tertiary/aromatic N) is 2. The van der Waals surface area contributed by atoms with Crippen molar-refractivity contribution in [2.75, 3.05) is 16.0 Å².